The number of anilines is 2. The van der Waals surface area contributed by atoms with Gasteiger partial charge in [-0.25, -0.2) is 13.4 Å². The Morgan fingerprint density at radius 3 is 2.37 bits per heavy atom. The van der Waals surface area contributed by atoms with Crippen molar-refractivity contribution in [3.63, 3.8) is 0 Å². The summed E-state index contributed by atoms with van der Waals surface area (Å²) in [5.74, 6) is 0.871. The number of fused-ring (bicyclic) bond motifs is 1. The number of nitrogens with zero attached hydrogens (tertiary/aromatic N) is 3. The Balaban J connectivity index is 1.78. The van der Waals surface area contributed by atoms with Gasteiger partial charge in [0.25, 0.3) is 0 Å². The Morgan fingerprint density at radius 1 is 0.900 bits per heavy atom. The lowest BCUT2D eigenvalue weighted by Crippen LogP contribution is -2.03. The molecule has 152 valence electrons. The molecule has 1 N–H and O–H groups in total. The van der Waals surface area contributed by atoms with Crippen LogP contribution >= 0.6 is 0 Å². The van der Waals surface area contributed by atoms with Crippen molar-refractivity contribution in [2.24, 2.45) is 0 Å². The van der Waals surface area contributed by atoms with Gasteiger partial charge in [0.1, 0.15) is 11.6 Å². The van der Waals surface area contributed by atoms with Crippen molar-refractivity contribution in [1.29, 1.82) is 0 Å². The van der Waals surface area contributed by atoms with E-state index >= 15 is 0 Å². The van der Waals surface area contributed by atoms with E-state index in [0.29, 0.717) is 22.5 Å². The number of para-hydroxylation sites is 2. The normalized spacial score (nSPS) is 11.3. The number of ether oxygens (including phenoxy) is 1. The van der Waals surface area contributed by atoms with Gasteiger partial charge in [-0.15, -0.1) is 0 Å². The molecule has 0 amide bonds. The lowest BCUT2D eigenvalue weighted by atomic mass is 10.2. The molecule has 4 rings (SSSR count). The first kappa shape index (κ1) is 19.7. The second-order valence-electron chi connectivity index (χ2n) is 6.62. The molecule has 0 radical (unpaired) electrons. The van der Waals surface area contributed by atoms with Gasteiger partial charge in [-0.2, -0.15) is 0 Å². The summed E-state index contributed by atoms with van der Waals surface area (Å²) in [4.78, 5) is 9.10. The van der Waals surface area contributed by atoms with E-state index in [-0.39, 0.29) is 16.5 Å². The van der Waals surface area contributed by atoms with Crippen LogP contribution in [0.15, 0.2) is 77.7 Å². The molecule has 0 fully saturated rings. The summed E-state index contributed by atoms with van der Waals surface area (Å²) < 4.78 is 35.1. The molecule has 0 aliphatic rings. The minimum atomic E-state index is -3.97. The van der Waals surface area contributed by atoms with Crippen molar-refractivity contribution < 1.29 is 13.2 Å². The molecule has 0 unspecified atom stereocenters. The first-order chi connectivity index (χ1) is 14.4. The number of nitrogens with one attached hydrogen (secondary N) is 1. The lowest BCUT2D eigenvalue weighted by molar-refractivity contribution is 0.415. The van der Waals surface area contributed by atoms with Gasteiger partial charge in [-0.3, -0.25) is 0 Å². The van der Waals surface area contributed by atoms with Gasteiger partial charge in [-0.05, 0) is 54.2 Å². The monoisotopic (exact) mass is 419 g/mol. The maximum absolute atomic E-state index is 12.9. The molecule has 7 nitrogen and oxygen atoms in total. The minimum Gasteiger partial charge on any atom is -0.497 e. The van der Waals surface area contributed by atoms with Crippen LogP contribution in [0.4, 0.5) is 17.3 Å². The molecule has 0 aliphatic carbocycles. The molecule has 0 atom stereocenters. The predicted octanol–water partition coefficient (Wildman–Crippen LogP) is 5.08. The zero-order valence-corrected chi connectivity index (χ0v) is 17.2. The van der Waals surface area contributed by atoms with Gasteiger partial charge in [-0.1, -0.05) is 36.4 Å². The van der Waals surface area contributed by atoms with Gasteiger partial charge >= 0.3 is 0 Å². The Hall–Kier alpha value is -3.65. The molecule has 0 spiro atoms. The van der Waals surface area contributed by atoms with Crippen molar-refractivity contribution in [2.45, 2.75) is 11.8 Å². The van der Waals surface area contributed by atoms with E-state index in [1.54, 1.807) is 37.4 Å². The Bertz CT molecular complexity index is 1320. The van der Waals surface area contributed by atoms with E-state index < -0.39 is 10.0 Å². The van der Waals surface area contributed by atoms with E-state index in [9.17, 15) is 8.42 Å². The van der Waals surface area contributed by atoms with E-state index in [1.165, 1.54) is 6.07 Å². The van der Waals surface area contributed by atoms with Crippen LogP contribution in [-0.2, 0) is 10.0 Å². The van der Waals surface area contributed by atoms with E-state index in [4.69, 9.17) is 4.74 Å². The third kappa shape index (κ3) is 4.18. The molecule has 0 aliphatic heterocycles. The molecule has 30 heavy (non-hydrogen) atoms. The summed E-state index contributed by atoms with van der Waals surface area (Å²) >= 11 is 0. The summed E-state index contributed by atoms with van der Waals surface area (Å²) in [5, 5.41) is 3.11. The number of aromatic nitrogens is 2. The highest BCUT2D eigenvalue weighted by atomic mass is 32.2. The summed E-state index contributed by atoms with van der Waals surface area (Å²) in [7, 11) is -2.40. The zero-order valence-electron chi connectivity index (χ0n) is 16.4. The van der Waals surface area contributed by atoms with Crippen molar-refractivity contribution in [1.82, 2.24) is 9.97 Å². The highest BCUT2D eigenvalue weighted by Gasteiger charge is 2.13. The van der Waals surface area contributed by atoms with Crippen LogP contribution in [0.25, 0.3) is 15.8 Å². The summed E-state index contributed by atoms with van der Waals surface area (Å²) in [6.07, 6.45) is 0. The van der Waals surface area contributed by atoms with Gasteiger partial charge in [0, 0.05) is 11.8 Å². The fourth-order valence-corrected chi connectivity index (χ4v) is 3.96. The second-order valence-corrected chi connectivity index (χ2v) is 8.23. The number of hydrogen-bond donors (Lipinski definition) is 1. The van der Waals surface area contributed by atoms with Gasteiger partial charge in [0.15, 0.2) is 0 Å². The van der Waals surface area contributed by atoms with Crippen molar-refractivity contribution in [3.8, 4) is 5.75 Å². The zero-order chi connectivity index (χ0) is 21.1. The highest BCUT2D eigenvalue weighted by molar-refractivity contribution is 7.94. The summed E-state index contributed by atoms with van der Waals surface area (Å²) in [6, 6.07) is 21.0. The van der Waals surface area contributed by atoms with Crippen molar-refractivity contribution >= 4 is 38.4 Å². The quantitative estimate of drug-likeness (QED) is 0.468. The van der Waals surface area contributed by atoms with Crippen LogP contribution in [-0.4, -0.2) is 25.5 Å². The number of hydrogen-bond acceptors (Lipinski definition) is 6. The summed E-state index contributed by atoms with van der Waals surface area (Å²) in [6.45, 7) is 1.82. The van der Waals surface area contributed by atoms with E-state index in [2.05, 4.69) is 20.0 Å². The molecular formula is C22H19N4O3S-. The average Bonchev–Trinajstić information content (AvgIpc) is 2.74. The topological polar surface area (TPSA) is 95.3 Å². The largest absolute Gasteiger partial charge is 0.497 e. The van der Waals surface area contributed by atoms with Crippen LogP contribution in [0, 0.1) is 6.92 Å². The first-order valence-corrected chi connectivity index (χ1v) is 10.6. The number of benzene rings is 3. The van der Waals surface area contributed by atoms with Gasteiger partial charge in [0.05, 0.1) is 17.5 Å². The molecule has 1 aromatic heterocycles. The Morgan fingerprint density at radius 2 is 1.63 bits per heavy atom. The van der Waals surface area contributed by atoms with Gasteiger partial charge in [0.2, 0.25) is 10.0 Å². The lowest BCUT2D eigenvalue weighted by Gasteiger charge is -2.21. The van der Waals surface area contributed by atoms with Gasteiger partial charge < -0.3 is 19.8 Å². The smallest absolute Gasteiger partial charge is 0.202 e. The molecule has 4 aromatic rings. The average molecular weight is 419 g/mol. The SMILES string of the molecule is COc1cccc(Nc2nc3ccccc3nc2[N-]S(=O)(=O)c2cccc(C)c2)c1. The fraction of sp³-hybridized carbons (Fsp3) is 0.0909. The van der Waals surface area contributed by atoms with Crippen molar-refractivity contribution in [2.75, 3.05) is 12.4 Å². The number of sulfonamides is 1. The van der Waals surface area contributed by atoms with E-state index in [1.807, 2.05) is 43.3 Å². The van der Waals surface area contributed by atoms with Crippen LogP contribution in [0.3, 0.4) is 0 Å². The summed E-state index contributed by atoms with van der Waals surface area (Å²) in [5.41, 5.74) is 2.66. The minimum absolute atomic E-state index is 0.0157. The molecule has 0 saturated carbocycles. The van der Waals surface area contributed by atoms with Crippen LogP contribution in [0.1, 0.15) is 5.56 Å². The molecule has 0 bridgehead atoms. The standard InChI is InChI=1S/C22H19N4O3S/c1-15-7-5-10-18(13-15)30(27,28)26-22-21(23-16-8-6-9-17(14-16)29-2)24-19-11-3-4-12-20(19)25-22/h3-14H,1-2H3,(H-,23,24,25,26)/q-1. The number of methoxy groups -OCH3 is 1. The molecule has 1 heterocycles. The predicted molar refractivity (Wildman–Crippen MR) is 117 cm³/mol. The third-order valence-corrected chi connectivity index (χ3v) is 5.64. The number of rotatable bonds is 6. The molecule has 8 heteroatoms. The number of aryl methyl sites for hydroxylation is 1. The molecule has 3 aromatic carbocycles. The van der Waals surface area contributed by atoms with Crippen LogP contribution in [0.5, 0.6) is 5.75 Å². The molecule has 0 saturated heterocycles. The highest BCUT2D eigenvalue weighted by Crippen LogP contribution is 2.35. The fourth-order valence-electron chi connectivity index (χ4n) is 2.92. The Kier molecular flexibility index (Phi) is 5.24. The maximum Gasteiger partial charge on any atom is 0.202 e. The van der Waals surface area contributed by atoms with E-state index in [0.717, 1.165) is 5.56 Å². The van der Waals surface area contributed by atoms with Crippen LogP contribution < -0.4 is 10.1 Å². The third-order valence-electron chi connectivity index (χ3n) is 4.38. The van der Waals surface area contributed by atoms with Crippen LogP contribution in [0.2, 0.25) is 0 Å². The first-order valence-electron chi connectivity index (χ1n) is 9.17. The Labute approximate surface area is 174 Å². The second kappa shape index (κ2) is 8.00. The molecular weight excluding hydrogens is 400 g/mol. The van der Waals surface area contributed by atoms with Crippen molar-refractivity contribution in [3.05, 3.63) is 83.1 Å². The maximum atomic E-state index is 12.9.